The van der Waals surface area contributed by atoms with Crippen molar-refractivity contribution >= 4 is 19.8 Å². The first-order valence-electron chi connectivity index (χ1n) is 15.1. The van der Waals surface area contributed by atoms with E-state index in [1.807, 2.05) is 0 Å². The normalized spacial score (nSPS) is 15.1. The van der Waals surface area contributed by atoms with Crippen molar-refractivity contribution in [2.75, 3.05) is 26.4 Å². The monoisotopic (exact) mass is 616 g/mol. The Balaban J connectivity index is 4.12. The number of aliphatic hydroxyl groups excluding tert-OH is 2. The second-order valence-corrected chi connectivity index (χ2v) is 11.2. The lowest BCUT2D eigenvalue weighted by Gasteiger charge is -2.20. The summed E-state index contributed by atoms with van der Waals surface area (Å²) in [6.45, 7) is 1.83. The molecule has 0 aliphatic rings. The predicted octanol–water partition coefficient (Wildman–Crippen LogP) is 6.26. The van der Waals surface area contributed by atoms with E-state index in [9.17, 15) is 29.3 Å². The van der Waals surface area contributed by atoms with Crippen LogP contribution in [0.25, 0.3) is 0 Å². The fourth-order valence-electron chi connectivity index (χ4n) is 3.45. The summed E-state index contributed by atoms with van der Waals surface area (Å²) in [4.78, 5) is 33.8. The first kappa shape index (κ1) is 39.9. The van der Waals surface area contributed by atoms with Crippen molar-refractivity contribution < 1.29 is 47.8 Å². The summed E-state index contributed by atoms with van der Waals surface area (Å²) < 4.78 is 31.9. The third-order valence-electron chi connectivity index (χ3n) is 5.81. The second-order valence-electron chi connectivity index (χ2n) is 9.71. The van der Waals surface area contributed by atoms with E-state index in [0.29, 0.717) is 12.8 Å². The number of aliphatic hydroxyl groups is 2. The smallest absolute Gasteiger partial charge is 0.457 e. The van der Waals surface area contributed by atoms with Crippen LogP contribution in [0.2, 0.25) is 0 Å². The van der Waals surface area contributed by atoms with Gasteiger partial charge in [0.25, 0.3) is 0 Å². The predicted molar refractivity (Wildman–Crippen MR) is 164 cm³/mol. The fraction of sp³-hybridized carbons (Fsp3) is 0.677. The lowest BCUT2D eigenvalue weighted by atomic mass is 10.1. The van der Waals surface area contributed by atoms with Gasteiger partial charge in [-0.2, -0.15) is 0 Å². The molecule has 0 fully saturated rings. The molecule has 0 aromatic carbocycles. The van der Waals surface area contributed by atoms with Gasteiger partial charge in [0.2, 0.25) is 0 Å². The average molecular weight is 617 g/mol. The third-order valence-corrected chi connectivity index (χ3v) is 6.76. The van der Waals surface area contributed by atoms with Crippen LogP contribution in [-0.4, -0.2) is 65.7 Å². The van der Waals surface area contributed by atoms with Gasteiger partial charge in [-0.15, -0.1) is 0 Å². The topological polar surface area (TPSA) is 149 Å². The summed E-state index contributed by atoms with van der Waals surface area (Å²) in [5, 5.41) is 18.8. The lowest BCUT2D eigenvalue weighted by Crippen LogP contribution is -2.28. The molecule has 0 saturated heterocycles. The van der Waals surface area contributed by atoms with Crippen LogP contribution < -0.4 is 0 Å². The minimum absolute atomic E-state index is 0.138. The van der Waals surface area contributed by atoms with E-state index in [1.54, 1.807) is 0 Å². The Morgan fingerprint density at radius 1 is 0.667 bits per heavy atom. The molecule has 10 nitrogen and oxygen atoms in total. The highest BCUT2D eigenvalue weighted by molar-refractivity contribution is 7.47. The molecule has 0 saturated carbocycles. The second kappa shape index (κ2) is 27.7. The average Bonchev–Trinajstić information content (AvgIpc) is 2.97. The Morgan fingerprint density at radius 3 is 1.57 bits per heavy atom. The summed E-state index contributed by atoms with van der Waals surface area (Å²) in [6, 6.07) is 0. The maximum absolute atomic E-state index is 12.2. The quantitative estimate of drug-likeness (QED) is 0.0418. The van der Waals surface area contributed by atoms with Gasteiger partial charge in [-0.05, 0) is 51.4 Å². The molecule has 0 heterocycles. The number of allylic oxidation sites excluding steroid dienone is 8. The number of phosphoric ester groups is 1. The van der Waals surface area contributed by atoms with Crippen LogP contribution in [0.1, 0.15) is 97.3 Å². The Bertz CT molecular complexity index is 853. The molecule has 0 aromatic rings. The highest BCUT2D eigenvalue weighted by atomic mass is 31.2. The molecule has 0 rings (SSSR count). The first-order chi connectivity index (χ1) is 20.3. The molecule has 3 unspecified atom stereocenters. The Hall–Kier alpha value is -2.07. The Labute approximate surface area is 252 Å². The molecule has 0 bridgehead atoms. The summed E-state index contributed by atoms with van der Waals surface area (Å²) in [6.07, 6.45) is 24.6. The highest BCUT2D eigenvalue weighted by Crippen LogP contribution is 2.43. The van der Waals surface area contributed by atoms with Crippen LogP contribution in [0.3, 0.4) is 0 Å². The van der Waals surface area contributed by atoms with E-state index >= 15 is 0 Å². The van der Waals surface area contributed by atoms with E-state index in [2.05, 4.69) is 62.5 Å². The molecule has 0 aliphatic heterocycles. The van der Waals surface area contributed by atoms with Crippen molar-refractivity contribution in [3.8, 4) is 0 Å². The van der Waals surface area contributed by atoms with Crippen LogP contribution in [0.4, 0.5) is 0 Å². The number of hydrogen-bond donors (Lipinski definition) is 3. The molecule has 3 N–H and O–H groups in total. The van der Waals surface area contributed by atoms with Crippen molar-refractivity contribution in [2.24, 2.45) is 0 Å². The largest absolute Gasteiger partial charge is 0.472 e. The van der Waals surface area contributed by atoms with Gasteiger partial charge in [-0.3, -0.25) is 18.6 Å². The van der Waals surface area contributed by atoms with Crippen molar-refractivity contribution in [3.63, 3.8) is 0 Å². The standard InChI is InChI=1S/C31H53O10P/c1-3-5-7-9-10-11-12-13-14-15-16-17-18-19-21-23-31(35)41-29(25-33)27-39-42(36,37)38-26-28(24-32)40-30(34)22-20-8-6-4-2/h5,7,10-11,13-14,16-17,28-29,32-33H,3-4,6,8-9,12,15,18-27H2,1-2H3,(H,36,37)/b7-5-,11-10-,14-13-,17-16-. The summed E-state index contributed by atoms with van der Waals surface area (Å²) >= 11 is 0. The van der Waals surface area contributed by atoms with Gasteiger partial charge in [-0.25, -0.2) is 4.57 Å². The molecule has 0 amide bonds. The van der Waals surface area contributed by atoms with E-state index in [-0.39, 0.29) is 12.8 Å². The summed E-state index contributed by atoms with van der Waals surface area (Å²) in [5.74, 6) is -1.09. The number of phosphoric acid groups is 1. The van der Waals surface area contributed by atoms with E-state index in [0.717, 1.165) is 57.8 Å². The molecule has 0 radical (unpaired) electrons. The van der Waals surface area contributed by atoms with Crippen LogP contribution in [0, 0.1) is 0 Å². The number of esters is 2. The summed E-state index contributed by atoms with van der Waals surface area (Å²) in [5.41, 5.74) is 0. The molecule has 11 heteroatoms. The zero-order valence-electron chi connectivity index (χ0n) is 25.4. The molecule has 0 aliphatic carbocycles. The maximum atomic E-state index is 12.2. The number of rotatable bonds is 27. The molecular weight excluding hydrogens is 563 g/mol. The van der Waals surface area contributed by atoms with Crippen LogP contribution in [0.15, 0.2) is 48.6 Å². The molecular formula is C31H53O10P. The van der Waals surface area contributed by atoms with Gasteiger partial charge >= 0.3 is 19.8 Å². The molecule has 0 spiro atoms. The van der Waals surface area contributed by atoms with Crippen LogP contribution in [0.5, 0.6) is 0 Å². The lowest BCUT2D eigenvalue weighted by molar-refractivity contribution is -0.153. The van der Waals surface area contributed by atoms with Gasteiger partial charge < -0.3 is 24.6 Å². The van der Waals surface area contributed by atoms with Crippen LogP contribution in [-0.2, 0) is 32.7 Å². The van der Waals surface area contributed by atoms with E-state index in [4.69, 9.17) is 18.5 Å². The van der Waals surface area contributed by atoms with Gasteiger partial charge in [0.05, 0.1) is 26.4 Å². The van der Waals surface area contributed by atoms with Gasteiger partial charge in [0.15, 0.2) is 0 Å². The minimum atomic E-state index is -4.62. The van der Waals surface area contributed by atoms with Crippen molar-refractivity contribution in [2.45, 2.75) is 110 Å². The Kier molecular flexibility index (Phi) is 26.4. The van der Waals surface area contributed by atoms with E-state index < -0.39 is 58.4 Å². The number of carbonyl (C=O) groups is 2. The highest BCUT2D eigenvalue weighted by Gasteiger charge is 2.27. The SMILES string of the molecule is CC/C=C\C/C=C\C/C=C\C/C=C\CCCCC(=O)OC(CO)COP(=O)(O)OCC(CO)OC(=O)CCCCCC. The molecule has 3 atom stereocenters. The zero-order valence-corrected chi connectivity index (χ0v) is 26.3. The van der Waals surface area contributed by atoms with Crippen molar-refractivity contribution in [1.29, 1.82) is 0 Å². The third kappa shape index (κ3) is 25.6. The summed E-state index contributed by atoms with van der Waals surface area (Å²) in [7, 11) is -4.62. The fourth-order valence-corrected chi connectivity index (χ4v) is 4.24. The van der Waals surface area contributed by atoms with Gasteiger partial charge in [0, 0.05) is 12.8 Å². The van der Waals surface area contributed by atoms with E-state index in [1.165, 1.54) is 0 Å². The molecule has 42 heavy (non-hydrogen) atoms. The first-order valence-corrected chi connectivity index (χ1v) is 16.6. The number of hydrogen-bond acceptors (Lipinski definition) is 9. The molecule has 242 valence electrons. The molecule has 0 aromatic heterocycles. The van der Waals surface area contributed by atoms with Crippen LogP contribution >= 0.6 is 7.82 Å². The van der Waals surface area contributed by atoms with Crippen molar-refractivity contribution in [1.82, 2.24) is 0 Å². The maximum Gasteiger partial charge on any atom is 0.472 e. The number of carbonyl (C=O) groups excluding carboxylic acids is 2. The minimum Gasteiger partial charge on any atom is -0.457 e. The van der Waals surface area contributed by atoms with Gasteiger partial charge in [0.1, 0.15) is 12.2 Å². The van der Waals surface area contributed by atoms with Crippen molar-refractivity contribution in [3.05, 3.63) is 48.6 Å². The number of ether oxygens (including phenoxy) is 2. The number of unbranched alkanes of at least 4 members (excludes halogenated alkanes) is 5. The van der Waals surface area contributed by atoms with Gasteiger partial charge in [-0.1, -0.05) is 81.7 Å². The Morgan fingerprint density at radius 2 is 1.12 bits per heavy atom. The zero-order chi connectivity index (χ0) is 31.3.